The molecular formula is C15H20O. The van der Waals surface area contributed by atoms with Gasteiger partial charge in [-0.2, -0.15) is 0 Å². The number of aryl methyl sites for hydroxylation is 2. The fraction of sp³-hybridized carbons (Fsp3) is 0.600. The molecule has 0 aliphatic heterocycles. The van der Waals surface area contributed by atoms with Crippen LogP contribution in [0.15, 0.2) is 18.2 Å². The molecule has 1 nitrogen and oxygen atoms in total. The SMILES string of the molecule is OC(Cc1ccc2c(c1)CCC2)CC1CC1. The van der Waals surface area contributed by atoms with Crippen molar-refractivity contribution in [1.29, 1.82) is 0 Å². The van der Waals surface area contributed by atoms with E-state index in [0.29, 0.717) is 0 Å². The van der Waals surface area contributed by atoms with E-state index in [9.17, 15) is 5.11 Å². The Morgan fingerprint density at radius 2 is 2.00 bits per heavy atom. The van der Waals surface area contributed by atoms with E-state index in [1.165, 1.54) is 48.8 Å². The maximum Gasteiger partial charge on any atom is 0.0583 e. The molecule has 3 rings (SSSR count). The summed E-state index contributed by atoms with van der Waals surface area (Å²) < 4.78 is 0. The van der Waals surface area contributed by atoms with Crippen LogP contribution in [0.2, 0.25) is 0 Å². The summed E-state index contributed by atoms with van der Waals surface area (Å²) in [6.45, 7) is 0. The minimum atomic E-state index is -0.119. The molecule has 2 aliphatic rings. The highest BCUT2D eigenvalue weighted by Gasteiger charge is 2.24. The van der Waals surface area contributed by atoms with Gasteiger partial charge in [-0.1, -0.05) is 31.0 Å². The van der Waals surface area contributed by atoms with Crippen molar-refractivity contribution in [3.05, 3.63) is 34.9 Å². The molecule has 86 valence electrons. The van der Waals surface area contributed by atoms with Crippen LogP contribution in [0, 0.1) is 5.92 Å². The Labute approximate surface area is 97.5 Å². The Morgan fingerprint density at radius 3 is 2.81 bits per heavy atom. The maximum atomic E-state index is 9.96. The van der Waals surface area contributed by atoms with Gasteiger partial charge in [-0.15, -0.1) is 0 Å². The van der Waals surface area contributed by atoms with Crippen molar-refractivity contribution < 1.29 is 5.11 Å². The van der Waals surface area contributed by atoms with Gasteiger partial charge in [-0.25, -0.2) is 0 Å². The van der Waals surface area contributed by atoms with Crippen molar-refractivity contribution in [3.8, 4) is 0 Å². The Bertz CT molecular complexity index is 379. The molecular weight excluding hydrogens is 196 g/mol. The first-order valence-corrected chi connectivity index (χ1v) is 6.60. The van der Waals surface area contributed by atoms with Crippen LogP contribution in [0.25, 0.3) is 0 Å². The predicted molar refractivity (Wildman–Crippen MR) is 65.5 cm³/mol. The monoisotopic (exact) mass is 216 g/mol. The molecule has 0 saturated heterocycles. The topological polar surface area (TPSA) is 20.2 Å². The van der Waals surface area contributed by atoms with E-state index in [-0.39, 0.29) is 6.10 Å². The highest BCUT2D eigenvalue weighted by atomic mass is 16.3. The van der Waals surface area contributed by atoms with Gasteiger partial charge < -0.3 is 5.11 Å². The lowest BCUT2D eigenvalue weighted by atomic mass is 10.00. The van der Waals surface area contributed by atoms with Gasteiger partial charge in [0, 0.05) is 0 Å². The van der Waals surface area contributed by atoms with E-state index in [1.807, 2.05) is 0 Å². The molecule has 0 amide bonds. The Balaban J connectivity index is 1.64. The standard InChI is InChI=1S/C15H20O/c16-15(9-11-4-5-11)10-12-6-7-13-2-1-3-14(13)8-12/h6-8,11,15-16H,1-5,9-10H2. The van der Waals surface area contributed by atoms with Crippen molar-refractivity contribution >= 4 is 0 Å². The largest absolute Gasteiger partial charge is 0.393 e. The van der Waals surface area contributed by atoms with E-state index in [4.69, 9.17) is 0 Å². The van der Waals surface area contributed by atoms with E-state index >= 15 is 0 Å². The first kappa shape index (κ1) is 10.3. The number of hydrogen-bond acceptors (Lipinski definition) is 1. The van der Waals surface area contributed by atoms with Crippen LogP contribution in [0.3, 0.4) is 0 Å². The molecule has 0 heterocycles. The predicted octanol–water partition coefficient (Wildman–Crippen LogP) is 2.88. The zero-order chi connectivity index (χ0) is 11.0. The molecule has 0 bridgehead atoms. The minimum absolute atomic E-state index is 0.119. The molecule has 1 aromatic carbocycles. The summed E-state index contributed by atoms with van der Waals surface area (Å²) in [7, 11) is 0. The van der Waals surface area contributed by atoms with Crippen LogP contribution in [0.1, 0.15) is 42.4 Å². The zero-order valence-corrected chi connectivity index (χ0v) is 9.78. The van der Waals surface area contributed by atoms with Crippen LogP contribution in [0.4, 0.5) is 0 Å². The average Bonchev–Trinajstić information content (AvgIpc) is 2.95. The van der Waals surface area contributed by atoms with Gasteiger partial charge in [0.15, 0.2) is 0 Å². The highest BCUT2D eigenvalue weighted by Crippen LogP contribution is 2.34. The maximum absolute atomic E-state index is 9.96. The van der Waals surface area contributed by atoms with Gasteiger partial charge in [-0.05, 0) is 54.7 Å². The molecule has 0 spiro atoms. The van der Waals surface area contributed by atoms with Crippen LogP contribution in [0.5, 0.6) is 0 Å². The number of hydrogen-bond donors (Lipinski definition) is 1. The molecule has 0 aromatic heterocycles. The Hall–Kier alpha value is -0.820. The number of rotatable bonds is 4. The van der Waals surface area contributed by atoms with Gasteiger partial charge in [-0.3, -0.25) is 0 Å². The second-order valence-electron chi connectivity index (χ2n) is 5.49. The van der Waals surface area contributed by atoms with Crippen LogP contribution >= 0.6 is 0 Å². The minimum Gasteiger partial charge on any atom is -0.393 e. The summed E-state index contributed by atoms with van der Waals surface area (Å²) in [5.74, 6) is 0.824. The molecule has 1 aromatic rings. The number of aliphatic hydroxyl groups excluding tert-OH is 1. The van der Waals surface area contributed by atoms with Crippen molar-refractivity contribution in [2.75, 3.05) is 0 Å². The summed E-state index contributed by atoms with van der Waals surface area (Å²) in [6, 6.07) is 6.79. The third-order valence-electron chi connectivity index (χ3n) is 3.94. The molecule has 1 unspecified atom stereocenters. The lowest BCUT2D eigenvalue weighted by Gasteiger charge is -2.11. The normalized spacial score (nSPS) is 20.8. The van der Waals surface area contributed by atoms with Gasteiger partial charge in [0.1, 0.15) is 0 Å². The summed E-state index contributed by atoms with van der Waals surface area (Å²) in [5.41, 5.74) is 4.38. The Kier molecular flexibility index (Phi) is 2.72. The quantitative estimate of drug-likeness (QED) is 0.820. The van der Waals surface area contributed by atoms with Gasteiger partial charge in [0.05, 0.1) is 6.10 Å². The summed E-state index contributed by atoms with van der Waals surface area (Å²) in [6.07, 6.45) is 8.21. The molecule has 1 heteroatoms. The number of aliphatic hydroxyl groups is 1. The van der Waals surface area contributed by atoms with Gasteiger partial charge in [0.25, 0.3) is 0 Å². The molecule has 0 radical (unpaired) electrons. The fourth-order valence-corrected chi connectivity index (χ4v) is 2.85. The van der Waals surface area contributed by atoms with E-state index < -0.39 is 0 Å². The van der Waals surface area contributed by atoms with Crippen molar-refractivity contribution in [1.82, 2.24) is 0 Å². The number of benzene rings is 1. The molecule has 1 saturated carbocycles. The molecule has 2 aliphatic carbocycles. The smallest absolute Gasteiger partial charge is 0.0583 e. The molecule has 1 fully saturated rings. The Morgan fingerprint density at radius 1 is 1.19 bits per heavy atom. The fourth-order valence-electron chi connectivity index (χ4n) is 2.85. The van der Waals surface area contributed by atoms with Crippen LogP contribution in [-0.2, 0) is 19.3 Å². The third-order valence-corrected chi connectivity index (χ3v) is 3.94. The molecule has 1 N–H and O–H groups in total. The van der Waals surface area contributed by atoms with Gasteiger partial charge >= 0.3 is 0 Å². The second kappa shape index (κ2) is 4.21. The summed E-state index contributed by atoms with van der Waals surface area (Å²) in [4.78, 5) is 0. The molecule has 16 heavy (non-hydrogen) atoms. The van der Waals surface area contributed by atoms with E-state index in [2.05, 4.69) is 18.2 Å². The lowest BCUT2D eigenvalue weighted by molar-refractivity contribution is 0.158. The van der Waals surface area contributed by atoms with Crippen LogP contribution in [-0.4, -0.2) is 11.2 Å². The summed E-state index contributed by atoms with van der Waals surface area (Å²) in [5, 5.41) is 9.96. The number of fused-ring (bicyclic) bond motifs is 1. The van der Waals surface area contributed by atoms with E-state index in [0.717, 1.165) is 18.8 Å². The second-order valence-corrected chi connectivity index (χ2v) is 5.49. The molecule has 1 atom stereocenters. The average molecular weight is 216 g/mol. The lowest BCUT2D eigenvalue weighted by Crippen LogP contribution is -2.11. The van der Waals surface area contributed by atoms with E-state index in [1.54, 1.807) is 0 Å². The first-order valence-electron chi connectivity index (χ1n) is 6.60. The third kappa shape index (κ3) is 2.30. The van der Waals surface area contributed by atoms with Crippen molar-refractivity contribution in [2.45, 2.75) is 51.0 Å². The van der Waals surface area contributed by atoms with Crippen molar-refractivity contribution in [2.24, 2.45) is 5.92 Å². The highest BCUT2D eigenvalue weighted by molar-refractivity contribution is 5.35. The summed E-state index contributed by atoms with van der Waals surface area (Å²) >= 11 is 0. The first-order chi connectivity index (χ1) is 7.81. The van der Waals surface area contributed by atoms with Crippen LogP contribution < -0.4 is 0 Å². The zero-order valence-electron chi connectivity index (χ0n) is 9.78. The van der Waals surface area contributed by atoms with Crippen molar-refractivity contribution in [3.63, 3.8) is 0 Å². The van der Waals surface area contributed by atoms with Gasteiger partial charge in [0.2, 0.25) is 0 Å².